The van der Waals surface area contributed by atoms with Crippen molar-refractivity contribution in [3.05, 3.63) is 30.0 Å². The van der Waals surface area contributed by atoms with E-state index in [0.717, 1.165) is 23.5 Å². The van der Waals surface area contributed by atoms with E-state index in [2.05, 4.69) is 29.0 Å². The van der Waals surface area contributed by atoms with Crippen LogP contribution in [0.5, 0.6) is 5.88 Å². The molecule has 5 N–H and O–H groups in total. The third-order valence-electron chi connectivity index (χ3n) is 4.15. The van der Waals surface area contributed by atoms with Crippen molar-refractivity contribution in [1.29, 1.82) is 0 Å². The number of aromatic nitrogens is 1. The van der Waals surface area contributed by atoms with Crippen LogP contribution in [-0.4, -0.2) is 47.1 Å². The van der Waals surface area contributed by atoms with Gasteiger partial charge in [-0.25, -0.2) is 9.78 Å². The summed E-state index contributed by atoms with van der Waals surface area (Å²) < 4.78 is 5.84. The average molecular weight is 375 g/mol. The Kier molecular flexibility index (Phi) is 5.10. The zero-order valence-electron chi connectivity index (χ0n) is 14.6. The summed E-state index contributed by atoms with van der Waals surface area (Å²) in [5.74, 6) is -0.0758. The third-order valence-corrected chi connectivity index (χ3v) is 5.25. The van der Waals surface area contributed by atoms with E-state index < -0.39 is 11.9 Å². The minimum atomic E-state index is -0.751. The van der Waals surface area contributed by atoms with Gasteiger partial charge in [-0.1, -0.05) is 0 Å². The molecule has 0 unspecified atom stereocenters. The fraction of sp³-hybridized carbons (Fsp3) is 0.353. The first kappa shape index (κ1) is 18.2. The second-order valence-corrected chi connectivity index (χ2v) is 7.43. The van der Waals surface area contributed by atoms with Gasteiger partial charge in [-0.2, -0.15) is 0 Å². The molecule has 1 saturated heterocycles. The van der Waals surface area contributed by atoms with Crippen molar-refractivity contribution in [2.24, 2.45) is 11.5 Å². The Labute approximate surface area is 155 Å². The molecule has 2 aromatic heterocycles. The van der Waals surface area contributed by atoms with Gasteiger partial charge < -0.3 is 16.2 Å². The highest BCUT2D eigenvalue weighted by molar-refractivity contribution is 7.20. The summed E-state index contributed by atoms with van der Waals surface area (Å²) >= 11 is 1.21. The fourth-order valence-corrected chi connectivity index (χ4v) is 3.71. The quantitative estimate of drug-likeness (QED) is 0.711. The lowest BCUT2D eigenvalue weighted by Gasteiger charge is -2.41. The minimum Gasteiger partial charge on any atom is -0.472 e. The topological polar surface area (TPSA) is 124 Å². The average Bonchev–Trinajstić information content (AvgIpc) is 2.94. The molecule has 138 valence electrons. The van der Waals surface area contributed by atoms with Gasteiger partial charge in [-0.05, 0) is 26.0 Å². The summed E-state index contributed by atoms with van der Waals surface area (Å²) in [6.45, 7) is 6.12. The second kappa shape index (κ2) is 7.30. The van der Waals surface area contributed by atoms with Gasteiger partial charge in [0.2, 0.25) is 5.88 Å². The van der Waals surface area contributed by atoms with Gasteiger partial charge in [0.05, 0.1) is 5.56 Å². The lowest BCUT2D eigenvalue weighted by molar-refractivity contribution is -0.00226. The molecule has 0 bridgehead atoms. The van der Waals surface area contributed by atoms with E-state index in [-0.39, 0.29) is 11.7 Å². The van der Waals surface area contributed by atoms with Crippen molar-refractivity contribution in [3.63, 3.8) is 0 Å². The van der Waals surface area contributed by atoms with Gasteiger partial charge in [0.25, 0.3) is 5.91 Å². The lowest BCUT2D eigenvalue weighted by atomic mass is 10.1. The lowest BCUT2D eigenvalue weighted by Crippen LogP contribution is -2.56. The van der Waals surface area contributed by atoms with E-state index in [1.807, 2.05) is 6.07 Å². The maximum atomic E-state index is 11.5. The zero-order valence-corrected chi connectivity index (χ0v) is 15.4. The number of hydrogen-bond acceptors (Lipinski definition) is 6. The second-order valence-electron chi connectivity index (χ2n) is 6.38. The van der Waals surface area contributed by atoms with E-state index >= 15 is 0 Å². The SMILES string of the molecule is CC(C)N1CC(Oc2ccc(-c3cc(C(N)=O)c(NC(N)=O)s3)cn2)C1. The molecular formula is C17H21N5O3S. The van der Waals surface area contributed by atoms with Crippen molar-refractivity contribution in [1.82, 2.24) is 9.88 Å². The van der Waals surface area contributed by atoms with E-state index in [4.69, 9.17) is 16.2 Å². The Hall–Kier alpha value is -2.65. The Morgan fingerprint density at radius 3 is 2.62 bits per heavy atom. The summed E-state index contributed by atoms with van der Waals surface area (Å²) in [4.78, 5) is 30.0. The van der Waals surface area contributed by atoms with E-state index in [9.17, 15) is 9.59 Å². The molecule has 0 spiro atoms. The Morgan fingerprint density at radius 2 is 2.08 bits per heavy atom. The highest BCUT2D eigenvalue weighted by Gasteiger charge is 2.30. The molecule has 3 rings (SSSR count). The number of amides is 3. The molecule has 1 aliphatic heterocycles. The highest BCUT2D eigenvalue weighted by Crippen LogP contribution is 2.35. The van der Waals surface area contributed by atoms with Crippen LogP contribution in [0.2, 0.25) is 0 Å². The van der Waals surface area contributed by atoms with Crippen LogP contribution in [0.4, 0.5) is 9.80 Å². The van der Waals surface area contributed by atoms with Gasteiger partial charge in [-0.15, -0.1) is 11.3 Å². The first-order valence-electron chi connectivity index (χ1n) is 8.20. The molecule has 0 atom stereocenters. The van der Waals surface area contributed by atoms with Crippen LogP contribution in [0.15, 0.2) is 24.4 Å². The summed E-state index contributed by atoms with van der Waals surface area (Å²) in [5, 5.41) is 2.74. The maximum Gasteiger partial charge on any atom is 0.317 e. The number of nitrogens with two attached hydrogens (primary N) is 2. The first-order valence-corrected chi connectivity index (χ1v) is 9.02. The summed E-state index contributed by atoms with van der Waals surface area (Å²) in [5.41, 5.74) is 11.5. The number of hydrogen-bond donors (Lipinski definition) is 3. The molecule has 3 amide bonds. The summed E-state index contributed by atoms with van der Waals surface area (Å²) in [6, 6.07) is 5.03. The number of likely N-dealkylation sites (tertiary alicyclic amines) is 1. The normalized spacial score (nSPS) is 14.9. The number of carbonyl (C=O) groups excluding carboxylic acids is 2. The molecule has 0 saturated carbocycles. The highest BCUT2D eigenvalue weighted by atomic mass is 32.1. The van der Waals surface area contributed by atoms with Crippen LogP contribution in [-0.2, 0) is 0 Å². The number of rotatable bonds is 6. The predicted molar refractivity (Wildman–Crippen MR) is 100 cm³/mol. The number of anilines is 1. The number of nitrogens with one attached hydrogen (secondary N) is 1. The Morgan fingerprint density at radius 1 is 1.35 bits per heavy atom. The molecular weight excluding hydrogens is 354 g/mol. The van der Waals surface area contributed by atoms with Crippen molar-refractivity contribution < 1.29 is 14.3 Å². The minimum absolute atomic E-state index is 0.158. The summed E-state index contributed by atoms with van der Waals surface area (Å²) in [7, 11) is 0. The first-order chi connectivity index (χ1) is 12.3. The number of urea groups is 1. The maximum absolute atomic E-state index is 11.5. The largest absolute Gasteiger partial charge is 0.472 e. The number of nitrogens with zero attached hydrogens (tertiary/aromatic N) is 2. The van der Waals surface area contributed by atoms with Gasteiger partial charge >= 0.3 is 6.03 Å². The fourth-order valence-electron chi connectivity index (χ4n) is 2.65. The monoisotopic (exact) mass is 375 g/mol. The van der Waals surface area contributed by atoms with Gasteiger partial charge in [-0.3, -0.25) is 15.0 Å². The van der Waals surface area contributed by atoms with Crippen LogP contribution in [0, 0.1) is 0 Å². The number of ether oxygens (including phenoxy) is 1. The van der Waals surface area contributed by atoms with Gasteiger partial charge in [0, 0.05) is 41.8 Å². The molecule has 1 fully saturated rings. The van der Waals surface area contributed by atoms with E-state index in [1.165, 1.54) is 11.3 Å². The number of primary amides is 2. The molecule has 9 heteroatoms. The van der Waals surface area contributed by atoms with Crippen LogP contribution in [0.3, 0.4) is 0 Å². The molecule has 0 radical (unpaired) electrons. The molecule has 8 nitrogen and oxygen atoms in total. The predicted octanol–water partition coefficient (Wildman–Crippen LogP) is 1.87. The third kappa shape index (κ3) is 3.94. The zero-order chi connectivity index (χ0) is 18.8. The van der Waals surface area contributed by atoms with E-state index in [1.54, 1.807) is 18.3 Å². The summed E-state index contributed by atoms with van der Waals surface area (Å²) in [6.07, 6.45) is 1.82. The Bertz CT molecular complexity index is 812. The van der Waals surface area contributed by atoms with Crippen molar-refractivity contribution in [2.75, 3.05) is 18.4 Å². The number of pyridine rings is 1. The molecule has 2 aromatic rings. The molecule has 0 aromatic carbocycles. The number of carbonyl (C=O) groups is 2. The number of thiophene rings is 1. The van der Waals surface area contributed by atoms with Gasteiger partial charge in [0.1, 0.15) is 11.1 Å². The van der Waals surface area contributed by atoms with E-state index in [0.29, 0.717) is 16.9 Å². The van der Waals surface area contributed by atoms with Crippen molar-refractivity contribution >= 4 is 28.3 Å². The van der Waals surface area contributed by atoms with Crippen molar-refractivity contribution in [3.8, 4) is 16.3 Å². The molecule has 0 aliphatic carbocycles. The molecule has 26 heavy (non-hydrogen) atoms. The molecule has 1 aliphatic rings. The van der Waals surface area contributed by atoms with Crippen molar-refractivity contribution in [2.45, 2.75) is 26.0 Å². The smallest absolute Gasteiger partial charge is 0.317 e. The van der Waals surface area contributed by atoms with Crippen LogP contribution in [0.1, 0.15) is 24.2 Å². The van der Waals surface area contributed by atoms with Crippen LogP contribution < -0.4 is 21.5 Å². The van der Waals surface area contributed by atoms with Gasteiger partial charge in [0.15, 0.2) is 0 Å². The molecule has 3 heterocycles. The van der Waals surface area contributed by atoms with Crippen LogP contribution in [0.25, 0.3) is 10.4 Å². The standard InChI is InChI=1S/C17H21N5O3S/c1-9(2)22-7-11(8-22)25-14-4-3-10(6-20-14)13-5-12(15(18)23)16(26-13)21-17(19)24/h3-6,9,11H,7-8H2,1-2H3,(H2,18,23)(H3,19,21,24). The van der Waals surface area contributed by atoms with Crippen LogP contribution >= 0.6 is 11.3 Å². The Balaban J connectivity index is 1.70.